The van der Waals surface area contributed by atoms with Crippen LogP contribution in [0.1, 0.15) is 55.8 Å². The number of nitrogens with zero attached hydrogens (tertiary/aromatic N) is 1. The Morgan fingerprint density at radius 2 is 1.89 bits per heavy atom. The van der Waals surface area contributed by atoms with Crippen LogP contribution in [0.3, 0.4) is 0 Å². The van der Waals surface area contributed by atoms with Crippen molar-refractivity contribution >= 4 is 17.4 Å². The first-order chi connectivity index (χ1) is 16.9. The van der Waals surface area contributed by atoms with Gasteiger partial charge in [-0.15, -0.1) is 0 Å². The highest BCUT2D eigenvalue weighted by atomic mass is 16.5. The number of ketones is 1. The molecule has 2 aliphatic heterocycles. The summed E-state index contributed by atoms with van der Waals surface area (Å²) < 4.78 is 17.1. The van der Waals surface area contributed by atoms with Gasteiger partial charge in [-0.3, -0.25) is 9.59 Å². The third-order valence-corrected chi connectivity index (χ3v) is 6.38. The van der Waals surface area contributed by atoms with Gasteiger partial charge in [0.1, 0.15) is 17.3 Å². The Kier molecular flexibility index (Phi) is 7.76. The predicted octanol–water partition coefficient (Wildman–Crippen LogP) is 4.78. The SMILES string of the molecule is CCCOc1ccc(/C(O)=C2/C(=O)C(=O)N(CC3CCCO3)C2c2ccc(OCC)cc2)cc1C. The topological polar surface area (TPSA) is 85.3 Å². The number of carbonyl (C=O) groups is 2. The molecule has 2 unspecified atom stereocenters. The number of benzene rings is 2. The quantitative estimate of drug-likeness (QED) is 0.316. The van der Waals surface area contributed by atoms with Crippen LogP contribution in [0.2, 0.25) is 0 Å². The number of aliphatic hydroxyl groups excluding tert-OH is 1. The van der Waals surface area contributed by atoms with E-state index in [1.54, 1.807) is 18.2 Å². The van der Waals surface area contributed by atoms with Crippen LogP contribution in [0.25, 0.3) is 5.76 Å². The lowest BCUT2D eigenvalue weighted by Gasteiger charge is -2.27. The number of aliphatic hydroxyl groups is 1. The summed E-state index contributed by atoms with van der Waals surface area (Å²) in [4.78, 5) is 27.9. The lowest BCUT2D eigenvalue weighted by molar-refractivity contribution is -0.140. The molecular formula is C28H33NO6. The molecule has 1 N–H and O–H groups in total. The number of hydrogen-bond donors (Lipinski definition) is 1. The Hall–Kier alpha value is -3.32. The van der Waals surface area contributed by atoms with Crippen LogP contribution < -0.4 is 9.47 Å². The fourth-order valence-electron chi connectivity index (χ4n) is 4.66. The maximum atomic E-state index is 13.3. The van der Waals surface area contributed by atoms with Crippen LogP contribution in [0, 0.1) is 6.92 Å². The van der Waals surface area contributed by atoms with Gasteiger partial charge in [0, 0.05) is 18.7 Å². The molecular weight excluding hydrogens is 446 g/mol. The van der Waals surface area contributed by atoms with Gasteiger partial charge in [-0.2, -0.15) is 0 Å². The lowest BCUT2D eigenvalue weighted by atomic mass is 9.94. The van der Waals surface area contributed by atoms with E-state index in [4.69, 9.17) is 14.2 Å². The van der Waals surface area contributed by atoms with Gasteiger partial charge < -0.3 is 24.2 Å². The summed E-state index contributed by atoms with van der Waals surface area (Å²) in [6.07, 6.45) is 2.51. The molecule has 0 aromatic heterocycles. The minimum Gasteiger partial charge on any atom is -0.507 e. The van der Waals surface area contributed by atoms with Crippen molar-refractivity contribution in [3.63, 3.8) is 0 Å². The minimum atomic E-state index is -0.716. The van der Waals surface area contributed by atoms with Crippen LogP contribution in [-0.4, -0.2) is 54.2 Å². The molecule has 7 heteroatoms. The molecule has 0 aliphatic carbocycles. The van der Waals surface area contributed by atoms with E-state index in [1.807, 2.05) is 45.0 Å². The summed E-state index contributed by atoms with van der Waals surface area (Å²) in [5, 5.41) is 11.3. The molecule has 2 aromatic rings. The Morgan fingerprint density at radius 1 is 1.11 bits per heavy atom. The van der Waals surface area contributed by atoms with E-state index in [9.17, 15) is 14.7 Å². The van der Waals surface area contributed by atoms with E-state index in [-0.39, 0.29) is 17.4 Å². The number of rotatable bonds is 9. The molecule has 2 heterocycles. The first-order valence-electron chi connectivity index (χ1n) is 12.3. The number of Topliss-reactive ketones (excluding diaryl/α,β-unsaturated/α-hetero) is 1. The van der Waals surface area contributed by atoms with Gasteiger partial charge in [0.15, 0.2) is 0 Å². The van der Waals surface area contributed by atoms with Gasteiger partial charge in [-0.25, -0.2) is 0 Å². The summed E-state index contributed by atoms with van der Waals surface area (Å²) in [6.45, 7) is 7.90. The van der Waals surface area contributed by atoms with Crippen molar-refractivity contribution in [3.8, 4) is 11.5 Å². The standard InChI is InChI=1S/C28H33NO6/c1-4-14-35-23-13-10-20(16-18(23)3)26(30)24-25(19-8-11-21(12-9-19)33-5-2)29(28(32)27(24)31)17-22-7-6-15-34-22/h8-13,16,22,25,30H,4-7,14-15,17H2,1-3H3/b26-24-. The summed E-state index contributed by atoms with van der Waals surface area (Å²) >= 11 is 0. The van der Waals surface area contributed by atoms with Gasteiger partial charge >= 0.3 is 0 Å². The highest BCUT2D eigenvalue weighted by Crippen LogP contribution is 2.41. The number of carbonyl (C=O) groups excluding carboxylic acids is 2. The molecule has 2 atom stereocenters. The predicted molar refractivity (Wildman–Crippen MR) is 133 cm³/mol. The second-order valence-corrected chi connectivity index (χ2v) is 8.92. The average Bonchev–Trinajstić information content (AvgIpc) is 3.46. The van der Waals surface area contributed by atoms with E-state index in [0.29, 0.717) is 37.7 Å². The van der Waals surface area contributed by atoms with Crippen LogP contribution >= 0.6 is 0 Å². The maximum absolute atomic E-state index is 13.3. The maximum Gasteiger partial charge on any atom is 0.295 e. The third kappa shape index (κ3) is 5.20. The molecule has 2 saturated heterocycles. The molecule has 0 bridgehead atoms. The minimum absolute atomic E-state index is 0.0822. The van der Waals surface area contributed by atoms with E-state index < -0.39 is 17.7 Å². The van der Waals surface area contributed by atoms with Crippen molar-refractivity contribution in [2.45, 2.75) is 52.2 Å². The number of ether oxygens (including phenoxy) is 3. The smallest absolute Gasteiger partial charge is 0.295 e. The van der Waals surface area contributed by atoms with Crippen molar-refractivity contribution in [1.82, 2.24) is 4.90 Å². The summed E-state index contributed by atoms with van der Waals surface area (Å²) in [7, 11) is 0. The third-order valence-electron chi connectivity index (χ3n) is 6.38. The first-order valence-corrected chi connectivity index (χ1v) is 12.3. The van der Waals surface area contributed by atoms with Gasteiger partial charge in [-0.1, -0.05) is 19.1 Å². The van der Waals surface area contributed by atoms with Crippen LogP contribution in [-0.2, 0) is 14.3 Å². The second kappa shape index (κ2) is 11.0. The molecule has 35 heavy (non-hydrogen) atoms. The van der Waals surface area contributed by atoms with Crippen LogP contribution in [0.5, 0.6) is 11.5 Å². The molecule has 0 radical (unpaired) electrons. The zero-order chi connectivity index (χ0) is 24.9. The molecule has 0 saturated carbocycles. The van der Waals surface area contributed by atoms with E-state index >= 15 is 0 Å². The number of aryl methyl sites for hydroxylation is 1. The molecule has 1 amide bonds. The Balaban J connectivity index is 1.76. The van der Waals surface area contributed by atoms with Crippen molar-refractivity contribution in [2.75, 3.05) is 26.4 Å². The highest BCUT2D eigenvalue weighted by Gasteiger charge is 2.47. The number of likely N-dealkylation sites (tertiary alicyclic amines) is 1. The van der Waals surface area contributed by atoms with E-state index in [1.165, 1.54) is 4.90 Å². The molecule has 4 rings (SSSR count). The van der Waals surface area contributed by atoms with E-state index in [0.717, 1.165) is 36.1 Å². The Morgan fingerprint density at radius 3 is 2.51 bits per heavy atom. The molecule has 0 spiro atoms. The summed E-state index contributed by atoms with van der Waals surface area (Å²) in [5.41, 5.74) is 2.12. The molecule has 2 aliphatic rings. The largest absolute Gasteiger partial charge is 0.507 e. The van der Waals surface area contributed by atoms with Crippen molar-refractivity contribution in [3.05, 3.63) is 64.7 Å². The van der Waals surface area contributed by atoms with Crippen LogP contribution in [0.15, 0.2) is 48.0 Å². The fourth-order valence-corrected chi connectivity index (χ4v) is 4.66. The normalized spacial score (nSPS) is 21.5. The van der Waals surface area contributed by atoms with Crippen molar-refractivity contribution in [1.29, 1.82) is 0 Å². The van der Waals surface area contributed by atoms with E-state index in [2.05, 4.69) is 0 Å². The number of hydrogen-bond acceptors (Lipinski definition) is 6. The Labute approximate surface area is 206 Å². The van der Waals surface area contributed by atoms with Crippen LogP contribution in [0.4, 0.5) is 0 Å². The molecule has 186 valence electrons. The van der Waals surface area contributed by atoms with Crippen molar-refractivity contribution < 1.29 is 28.9 Å². The zero-order valence-electron chi connectivity index (χ0n) is 20.6. The lowest BCUT2D eigenvalue weighted by Crippen LogP contribution is -2.36. The van der Waals surface area contributed by atoms with Gasteiger partial charge in [0.05, 0.1) is 30.9 Å². The monoisotopic (exact) mass is 479 g/mol. The zero-order valence-corrected chi connectivity index (χ0v) is 20.6. The molecule has 2 fully saturated rings. The average molecular weight is 480 g/mol. The molecule has 2 aromatic carbocycles. The summed E-state index contributed by atoms with van der Waals surface area (Å²) in [5.74, 6) is -0.0815. The molecule has 7 nitrogen and oxygen atoms in total. The van der Waals surface area contributed by atoms with Crippen molar-refractivity contribution in [2.24, 2.45) is 0 Å². The second-order valence-electron chi connectivity index (χ2n) is 8.92. The van der Waals surface area contributed by atoms with Gasteiger partial charge in [0.2, 0.25) is 0 Å². The highest BCUT2D eigenvalue weighted by molar-refractivity contribution is 6.46. The fraction of sp³-hybridized carbons (Fsp3) is 0.429. The van der Waals surface area contributed by atoms with Gasteiger partial charge in [-0.05, 0) is 74.6 Å². The summed E-state index contributed by atoms with van der Waals surface area (Å²) in [6, 6.07) is 11.9. The van der Waals surface area contributed by atoms with Gasteiger partial charge in [0.25, 0.3) is 11.7 Å². The Bertz CT molecular complexity index is 1100. The number of amides is 1. The first kappa shape index (κ1) is 24.8.